The molecule has 2 aliphatic rings. The molecule has 0 bridgehead atoms. The molecule has 0 N–H and O–H groups in total. The maximum atomic E-state index is 11.1. The van der Waals surface area contributed by atoms with Gasteiger partial charge in [-0.2, -0.15) is 0 Å². The van der Waals surface area contributed by atoms with E-state index >= 15 is 0 Å². The Morgan fingerprint density at radius 1 is 1.24 bits per heavy atom. The van der Waals surface area contributed by atoms with Crippen LogP contribution >= 0.6 is 0 Å². The zero-order valence-corrected chi connectivity index (χ0v) is 11.7. The van der Waals surface area contributed by atoms with Crippen LogP contribution in [0.4, 0.5) is 0 Å². The minimum atomic E-state index is -1.77. The maximum absolute atomic E-state index is 11.1. The molecule has 0 saturated heterocycles. The van der Waals surface area contributed by atoms with E-state index in [1.54, 1.807) is 0 Å². The lowest BCUT2D eigenvalue weighted by Gasteiger charge is -2.36. The lowest BCUT2D eigenvalue weighted by molar-refractivity contribution is -0.392. The maximum Gasteiger partial charge on any atom is 0.625 e. The number of fused-ring (bicyclic) bond motifs is 3. The van der Waals surface area contributed by atoms with Crippen LogP contribution in [0, 0.1) is 0 Å². The molecule has 1 unspecified atom stereocenters. The largest absolute Gasteiger partial charge is 0.630 e. The van der Waals surface area contributed by atoms with E-state index in [1.807, 2.05) is 60.2 Å². The number of nitrogens with zero attached hydrogens (tertiary/aromatic N) is 1. The van der Waals surface area contributed by atoms with Crippen molar-refractivity contribution in [3.05, 3.63) is 59.2 Å². The van der Waals surface area contributed by atoms with Crippen molar-refractivity contribution in [2.75, 3.05) is 7.05 Å². The van der Waals surface area contributed by atoms with Crippen LogP contribution in [0.1, 0.15) is 21.5 Å². The van der Waals surface area contributed by atoms with Gasteiger partial charge in [0.2, 0.25) is 0 Å². The third-order valence-corrected chi connectivity index (χ3v) is 4.25. The second-order valence-corrected chi connectivity index (χ2v) is 5.51. The highest BCUT2D eigenvalue weighted by Crippen LogP contribution is 2.29. The van der Waals surface area contributed by atoms with Gasteiger partial charge in [-0.1, -0.05) is 30.3 Å². The van der Waals surface area contributed by atoms with E-state index in [0.717, 1.165) is 28.6 Å². The Labute approximate surface area is 122 Å². The van der Waals surface area contributed by atoms with E-state index in [0.29, 0.717) is 12.2 Å². The highest BCUT2D eigenvalue weighted by molar-refractivity contribution is 6.76. The van der Waals surface area contributed by atoms with Crippen LogP contribution in [0.3, 0.4) is 0 Å². The van der Waals surface area contributed by atoms with E-state index in [2.05, 4.69) is 0 Å². The van der Waals surface area contributed by atoms with Crippen molar-refractivity contribution in [3.63, 3.8) is 0 Å². The summed E-state index contributed by atoms with van der Waals surface area (Å²) in [4.78, 5) is 11.1. The third kappa shape index (κ3) is 1.67. The number of rotatable bonds is 1. The van der Waals surface area contributed by atoms with Gasteiger partial charge in [0.25, 0.3) is 0 Å². The van der Waals surface area contributed by atoms with Gasteiger partial charge in [0, 0.05) is 12.2 Å². The van der Waals surface area contributed by atoms with Crippen LogP contribution in [0.25, 0.3) is 0 Å². The average molecular weight is 279 g/mol. The van der Waals surface area contributed by atoms with Crippen LogP contribution in [-0.2, 0) is 11.3 Å². The molecule has 1 spiro atoms. The summed E-state index contributed by atoms with van der Waals surface area (Å²) in [6.45, 7) is -1.27. The lowest BCUT2D eigenvalue weighted by atomic mass is 9.62. The number of hydrogen-bond donors (Lipinski definition) is 0. The number of benzene rings is 2. The first-order chi connectivity index (χ1) is 10.2. The van der Waals surface area contributed by atoms with Gasteiger partial charge in [0.05, 0.1) is 18.4 Å². The Balaban J connectivity index is 1.91. The van der Waals surface area contributed by atoms with Gasteiger partial charge in [-0.25, -0.2) is 0 Å². The second kappa shape index (κ2) is 4.30. The first-order valence-electron chi connectivity index (χ1n) is 6.95. The van der Waals surface area contributed by atoms with Crippen LogP contribution in [0.2, 0.25) is 0 Å². The van der Waals surface area contributed by atoms with Gasteiger partial charge in [-0.15, -0.1) is 0 Å². The van der Waals surface area contributed by atoms with Gasteiger partial charge < -0.3 is 13.8 Å². The van der Waals surface area contributed by atoms with Crippen molar-refractivity contribution < 1.29 is 18.6 Å². The molecule has 0 aromatic heterocycles. The van der Waals surface area contributed by atoms with Gasteiger partial charge in [-0.05, 0) is 23.2 Å². The Morgan fingerprint density at radius 2 is 2.10 bits per heavy atom. The molecule has 21 heavy (non-hydrogen) atoms. The Hall–Kier alpha value is -2.40. The van der Waals surface area contributed by atoms with Gasteiger partial charge in [-0.3, -0.25) is 4.79 Å². The predicted molar refractivity (Wildman–Crippen MR) is 80.4 cm³/mol. The van der Waals surface area contributed by atoms with Crippen LogP contribution in [-0.4, -0.2) is 30.7 Å². The number of carbonyl (C=O) groups is 1. The molecule has 1 atom stereocenters. The summed E-state index contributed by atoms with van der Waals surface area (Å²) >= 11 is 0. The standard InChI is InChI=1S/C16H14BNO3/c1-18-9-13-4-2-3-5-16(13)21-17(18)15-8-12(10-19)6-7-14(15)11-20-17/h2-10H,11H2,1H3. The summed E-state index contributed by atoms with van der Waals surface area (Å²) in [5.74, 6) is 0.806. The first kappa shape index (κ1) is 12.4. The topological polar surface area (TPSA) is 38.5 Å². The molecule has 4 rings (SSSR count). The highest BCUT2D eigenvalue weighted by atomic mass is 16.6. The molecule has 104 valence electrons. The third-order valence-electron chi connectivity index (χ3n) is 4.25. The minimum absolute atomic E-state index is 0.495. The lowest BCUT2D eigenvalue weighted by Crippen LogP contribution is -2.63. The zero-order chi connectivity index (χ0) is 14.4. The summed E-state index contributed by atoms with van der Waals surface area (Å²) in [5.41, 5.74) is 3.68. The predicted octanol–water partition coefficient (Wildman–Crippen LogP) is 1.33. The number of aldehydes is 1. The fourth-order valence-electron chi connectivity index (χ4n) is 3.15. The van der Waals surface area contributed by atoms with Crippen LogP contribution in [0.15, 0.2) is 42.5 Å². The van der Waals surface area contributed by atoms with Gasteiger partial charge in [0.1, 0.15) is 12.5 Å². The van der Waals surface area contributed by atoms with Crippen molar-refractivity contribution in [2.45, 2.75) is 6.61 Å². The summed E-state index contributed by atoms with van der Waals surface area (Å²) < 4.78 is 14.3. The van der Waals surface area contributed by atoms with E-state index < -0.39 is 6.69 Å². The molecule has 0 aliphatic carbocycles. The Kier molecular flexibility index (Phi) is 2.53. The van der Waals surface area contributed by atoms with Crippen molar-refractivity contribution in [3.8, 4) is 5.75 Å². The molecule has 4 nitrogen and oxygen atoms in total. The van der Waals surface area contributed by atoms with Crippen molar-refractivity contribution in [2.24, 2.45) is 0 Å². The van der Waals surface area contributed by atoms with Gasteiger partial charge in [0.15, 0.2) is 0 Å². The van der Waals surface area contributed by atoms with E-state index in [9.17, 15) is 4.79 Å². The van der Waals surface area contributed by atoms with E-state index in [1.165, 1.54) is 0 Å². The van der Waals surface area contributed by atoms with Gasteiger partial charge >= 0.3 is 6.69 Å². The summed E-state index contributed by atoms with van der Waals surface area (Å²) in [6, 6.07) is 13.5. The van der Waals surface area contributed by atoms with Crippen LogP contribution in [0.5, 0.6) is 5.75 Å². The second-order valence-electron chi connectivity index (χ2n) is 5.51. The van der Waals surface area contributed by atoms with Crippen molar-refractivity contribution in [1.82, 2.24) is 0 Å². The number of para-hydroxylation sites is 1. The molecular weight excluding hydrogens is 265 g/mol. The van der Waals surface area contributed by atoms with E-state index in [-0.39, 0.29) is 0 Å². The summed E-state index contributed by atoms with van der Waals surface area (Å²) in [7, 11) is 1.94. The molecule has 5 heteroatoms. The SMILES string of the molecule is C[N+]1=Cc2ccccc2O[B-]12OCc1ccc(C=O)cc12. The summed E-state index contributed by atoms with van der Waals surface area (Å²) in [5, 5.41) is 0. The van der Waals surface area contributed by atoms with Crippen LogP contribution < -0.4 is 10.1 Å². The Bertz CT molecular complexity index is 787. The van der Waals surface area contributed by atoms with E-state index in [4.69, 9.17) is 9.31 Å². The van der Waals surface area contributed by atoms with Crippen molar-refractivity contribution >= 4 is 24.7 Å². The number of carbonyl (C=O) groups excluding carboxylic acids is 1. The normalized spacial score (nSPS) is 22.2. The number of hydrogen-bond acceptors (Lipinski definition) is 3. The zero-order valence-electron chi connectivity index (χ0n) is 11.7. The molecule has 2 heterocycles. The monoisotopic (exact) mass is 279 g/mol. The first-order valence-corrected chi connectivity index (χ1v) is 6.95. The smallest absolute Gasteiger partial charge is 0.625 e. The average Bonchev–Trinajstić information content (AvgIpc) is 2.87. The minimum Gasteiger partial charge on any atom is -0.630 e. The molecule has 2 aliphatic heterocycles. The highest BCUT2D eigenvalue weighted by Gasteiger charge is 2.52. The summed E-state index contributed by atoms with van der Waals surface area (Å²) in [6.07, 6.45) is 2.88. The molecule has 0 amide bonds. The molecule has 0 radical (unpaired) electrons. The molecule has 2 aromatic carbocycles. The Morgan fingerprint density at radius 3 is 2.95 bits per heavy atom. The van der Waals surface area contributed by atoms with Crippen molar-refractivity contribution in [1.29, 1.82) is 0 Å². The molecule has 0 saturated carbocycles. The molecule has 0 fully saturated rings. The fraction of sp³-hybridized carbons (Fsp3) is 0.125. The molecular formula is C16H14BNO3. The quantitative estimate of drug-likeness (QED) is 0.584. The fourth-order valence-corrected chi connectivity index (χ4v) is 3.15. The molecule has 2 aromatic rings.